The minimum absolute atomic E-state index is 0.0735. The Balaban J connectivity index is 1.71. The van der Waals surface area contributed by atoms with Crippen molar-refractivity contribution in [1.82, 2.24) is 5.32 Å². The maximum absolute atomic E-state index is 12.5. The second-order valence-corrected chi connectivity index (χ2v) is 6.57. The van der Waals surface area contributed by atoms with E-state index < -0.39 is 0 Å². The zero-order chi connectivity index (χ0) is 14.0. The summed E-state index contributed by atoms with van der Waals surface area (Å²) in [5, 5.41) is 6.54. The first kappa shape index (κ1) is 13.5. The van der Waals surface area contributed by atoms with Gasteiger partial charge in [-0.05, 0) is 42.7 Å². The number of carbonyl (C=O) groups is 1. The van der Waals surface area contributed by atoms with Crippen LogP contribution in [-0.2, 0) is 6.42 Å². The molecular formula is C17H24N2O. The van der Waals surface area contributed by atoms with E-state index in [2.05, 4.69) is 23.6 Å². The predicted octanol–water partition coefficient (Wildman–Crippen LogP) is 3.35. The van der Waals surface area contributed by atoms with Crippen LogP contribution in [0.2, 0.25) is 0 Å². The number of amides is 1. The SMILES string of the molecule is CC1(CNC(=O)c2cccc3c2NCCC3)CCCC1. The van der Waals surface area contributed by atoms with Crippen molar-refractivity contribution in [2.75, 3.05) is 18.4 Å². The van der Waals surface area contributed by atoms with Crippen LogP contribution in [0.3, 0.4) is 0 Å². The van der Waals surface area contributed by atoms with E-state index in [4.69, 9.17) is 0 Å². The van der Waals surface area contributed by atoms with Gasteiger partial charge in [0.05, 0.1) is 11.3 Å². The smallest absolute Gasteiger partial charge is 0.253 e. The Labute approximate surface area is 121 Å². The molecule has 0 radical (unpaired) electrons. The lowest BCUT2D eigenvalue weighted by Crippen LogP contribution is -2.34. The van der Waals surface area contributed by atoms with Crippen LogP contribution in [0.25, 0.3) is 0 Å². The molecular weight excluding hydrogens is 248 g/mol. The van der Waals surface area contributed by atoms with Gasteiger partial charge in [-0.25, -0.2) is 0 Å². The monoisotopic (exact) mass is 272 g/mol. The van der Waals surface area contributed by atoms with Gasteiger partial charge in [0, 0.05) is 13.1 Å². The molecule has 1 heterocycles. The van der Waals surface area contributed by atoms with Crippen LogP contribution >= 0.6 is 0 Å². The third kappa shape index (κ3) is 2.67. The molecule has 20 heavy (non-hydrogen) atoms. The van der Waals surface area contributed by atoms with E-state index in [1.807, 2.05) is 12.1 Å². The highest BCUT2D eigenvalue weighted by molar-refractivity contribution is 6.00. The molecule has 2 aliphatic rings. The Bertz CT molecular complexity index is 504. The lowest BCUT2D eigenvalue weighted by Gasteiger charge is -2.25. The minimum atomic E-state index is 0.0735. The van der Waals surface area contributed by atoms with E-state index in [9.17, 15) is 4.79 Å². The molecule has 1 aliphatic heterocycles. The van der Waals surface area contributed by atoms with Crippen LogP contribution in [-0.4, -0.2) is 19.0 Å². The molecule has 108 valence electrons. The molecule has 0 bridgehead atoms. The molecule has 1 saturated carbocycles. The second-order valence-electron chi connectivity index (χ2n) is 6.57. The van der Waals surface area contributed by atoms with Gasteiger partial charge < -0.3 is 10.6 Å². The number of rotatable bonds is 3. The van der Waals surface area contributed by atoms with Gasteiger partial charge in [-0.15, -0.1) is 0 Å². The number of hydrogen-bond donors (Lipinski definition) is 2. The largest absolute Gasteiger partial charge is 0.384 e. The average Bonchev–Trinajstić information content (AvgIpc) is 2.91. The molecule has 3 heteroatoms. The molecule has 1 fully saturated rings. The molecule has 0 spiro atoms. The summed E-state index contributed by atoms with van der Waals surface area (Å²) in [4.78, 5) is 12.5. The van der Waals surface area contributed by atoms with Crippen molar-refractivity contribution in [2.24, 2.45) is 5.41 Å². The highest BCUT2D eigenvalue weighted by Gasteiger charge is 2.29. The molecule has 0 unspecified atom stereocenters. The zero-order valence-corrected chi connectivity index (χ0v) is 12.3. The molecule has 1 amide bonds. The van der Waals surface area contributed by atoms with Crippen LogP contribution in [0.5, 0.6) is 0 Å². The summed E-state index contributed by atoms with van der Waals surface area (Å²) in [6, 6.07) is 6.05. The number of aryl methyl sites for hydroxylation is 1. The first-order chi connectivity index (χ1) is 9.68. The van der Waals surface area contributed by atoms with Gasteiger partial charge in [-0.2, -0.15) is 0 Å². The Hall–Kier alpha value is -1.51. The summed E-state index contributed by atoms with van der Waals surface area (Å²) < 4.78 is 0. The number of nitrogens with one attached hydrogen (secondary N) is 2. The summed E-state index contributed by atoms with van der Waals surface area (Å²) in [7, 11) is 0. The van der Waals surface area contributed by atoms with Crippen molar-refractivity contribution in [3.63, 3.8) is 0 Å². The van der Waals surface area contributed by atoms with Crippen molar-refractivity contribution in [3.8, 4) is 0 Å². The Kier molecular flexibility index (Phi) is 3.68. The van der Waals surface area contributed by atoms with Crippen LogP contribution in [0.4, 0.5) is 5.69 Å². The van der Waals surface area contributed by atoms with Crippen LogP contribution in [0.15, 0.2) is 18.2 Å². The van der Waals surface area contributed by atoms with Crippen molar-refractivity contribution < 1.29 is 4.79 Å². The molecule has 2 N–H and O–H groups in total. The van der Waals surface area contributed by atoms with Crippen LogP contribution in [0.1, 0.15) is 54.9 Å². The van der Waals surface area contributed by atoms with E-state index in [1.54, 1.807) is 0 Å². The maximum Gasteiger partial charge on any atom is 0.253 e. The number of hydrogen-bond acceptors (Lipinski definition) is 2. The van der Waals surface area contributed by atoms with E-state index in [0.717, 1.165) is 37.2 Å². The van der Waals surface area contributed by atoms with Crippen molar-refractivity contribution in [3.05, 3.63) is 29.3 Å². The van der Waals surface area contributed by atoms with Crippen molar-refractivity contribution in [1.29, 1.82) is 0 Å². The zero-order valence-electron chi connectivity index (χ0n) is 12.3. The maximum atomic E-state index is 12.5. The fraction of sp³-hybridized carbons (Fsp3) is 0.588. The summed E-state index contributed by atoms with van der Waals surface area (Å²) in [5.74, 6) is 0.0735. The minimum Gasteiger partial charge on any atom is -0.384 e. The average molecular weight is 272 g/mol. The molecule has 1 aliphatic carbocycles. The Morgan fingerprint density at radius 1 is 1.30 bits per heavy atom. The molecule has 0 aromatic heterocycles. The van der Waals surface area contributed by atoms with Gasteiger partial charge in [-0.3, -0.25) is 4.79 Å². The number of benzene rings is 1. The fourth-order valence-electron chi connectivity index (χ4n) is 3.49. The lowest BCUT2D eigenvalue weighted by atomic mass is 9.89. The summed E-state index contributed by atoms with van der Waals surface area (Å²) in [6.45, 7) is 4.06. The van der Waals surface area contributed by atoms with Gasteiger partial charge in [0.25, 0.3) is 5.91 Å². The molecule has 3 nitrogen and oxygen atoms in total. The quantitative estimate of drug-likeness (QED) is 0.886. The predicted molar refractivity (Wildman–Crippen MR) is 82.2 cm³/mol. The first-order valence-electron chi connectivity index (χ1n) is 7.82. The third-order valence-electron chi connectivity index (χ3n) is 4.81. The first-order valence-corrected chi connectivity index (χ1v) is 7.82. The summed E-state index contributed by atoms with van der Waals surface area (Å²) >= 11 is 0. The van der Waals surface area contributed by atoms with E-state index in [0.29, 0.717) is 5.41 Å². The van der Waals surface area contributed by atoms with Crippen molar-refractivity contribution >= 4 is 11.6 Å². The molecule has 3 rings (SSSR count). The lowest BCUT2D eigenvalue weighted by molar-refractivity contribution is 0.0935. The van der Waals surface area contributed by atoms with Gasteiger partial charge in [-0.1, -0.05) is 31.9 Å². The summed E-state index contributed by atoms with van der Waals surface area (Å²) in [5.41, 5.74) is 3.44. The fourth-order valence-corrected chi connectivity index (χ4v) is 3.49. The molecule has 0 atom stereocenters. The number of anilines is 1. The molecule has 1 aromatic carbocycles. The summed E-state index contributed by atoms with van der Waals surface area (Å²) in [6.07, 6.45) is 7.29. The number of fused-ring (bicyclic) bond motifs is 1. The number of para-hydroxylation sites is 1. The molecule has 1 aromatic rings. The standard InChI is InChI=1S/C17H24N2O/c1-17(9-2-3-10-17)12-19-16(20)14-8-4-6-13-7-5-11-18-15(13)14/h4,6,8,18H,2-3,5,7,9-12H2,1H3,(H,19,20). The number of carbonyl (C=O) groups excluding carboxylic acids is 1. The Morgan fingerprint density at radius 2 is 2.10 bits per heavy atom. The van der Waals surface area contributed by atoms with E-state index in [-0.39, 0.29) is 5.91 Å². The second kappa shape index (κ2) is 5.47. The van der Waals surface area contributed by atoms with E-state index in [1.165, 1.54) is 31.2 Å². The molecule has 0 saturated heterocycles. The van der Waals surface area contributed by atoms with Gasteiger partial charge in [0.15, 0.2) is 0 Å². The normalized spacial score (nSPS) is 20.1. The Morgan fingerprint density at radius 3 is 2.90 bits per heavy atom. The van der Waals surface area contributed by atoms with Crippen molar-refractivity contribution in [2.45, 2.75) is 45.4 Å². The van der Waals surface area contributed by atoms with E-state index >= 15 is 0 Å². The topological polar surface area (TPSA) is 41.1 Å². The van der Waals surface area contributed by atoms with Crippen LogP contribution < -0.4 is 10.6 Å². The van der Waals surface area contributed by atoms with Gasteiger partial charge >= 0.3 is 0 Å². The van der Waals surface area contributed by atoms with Gasteiger partial charge in [0.1, 0.15) is 0 Å². The van der Waals surface area contributed by atoms with Crippen LogP contribution in [0, 0.1) is 5.41 Å². The highest BCUT2D eigenvalue weighted by Crippen LogP contribution is 2.36. The third-order valence-corrected chi connectivity index (χ3v) is 4.81. The van der Waals surface area contributed by atoms with Gasteiger partial charge in [0.2, 0.25) is 0 Å². The highest BCUT2D eigenvalue weighted by atomic mass is 16.1.